The molecule has 0 unspecified atom stereocenters. The summed E-state index contributed by atoms with van der Waals surface area (Å²) in [6.45, 7) is 3.29. The van der Waals surface area contributed by atoms with Gasteiger partial charge in [-0.3, -0.25) is 0 Å². The zero-order chi connectivity index (χ0) is 15.4. The van der Waals surface area contributed by atoms with Crippen molar-refractivity contribution in [3.63, 3.8) is 0 Å². The highest BCUT2D eigenvalue weighted by Crippen LogP contribution is 2.35. The van der Waals surface area contributed by atoms with E-state index in [2.05, 4.69) is 53.1 Å². The van der Waals surface area contributed by atoms with Crippen molar-refractivity contribution in [3.8, 4) is 5.75 Å². The number of hydrogen-bond acceptors (Lipinski definition) is 2. The molecule has 0 spiro atoms. The minimum absolute atomic E-state index is 0.631. The molecule has 0 aliphatic heterocycles. The zero-order valence-electron chi connectivity index (χ0n) is 11.2. The highest BCUT2D eigenvalue weighted by Gasteiger charge is 2.09. The molecule has 2 aromatic rings. The monoisotopic (exact) mass is 495 g/mol. The van der Waals surface area contributed by atoms with Crippen LogP contribution in [-0.2, 0) is 6.54 Å². The second-order valence-electron chi connectivity index (χ2n) is 4.30. The summed E-state index contributed by atoms with van der Waals surface area (Å²) in [6.07, 6.45) is 0. The minimum Gasteiger partial charge on any atom is -0.492 e. The summed E-state index contributed by atoms with van der Waals surface area (Å²) in [5.41, 5.74) is 2.14. The van der Waals surface area contributed by atoms with Gasteiger partial charge in [0, 0.05) is 21.7 Å². The van der Waals surface area contributed by atoms with Gasteiger partial charge in [0.05, 0.1) is 15.6 Å². The molecule has 2 nitrogen and oxygen atoms in total. The van der Waals surface area contributed by atoms with E-state index in [9.17, 15) is 0 Å². The molecule has 0 fully saturated rings. The maximum atomic E-state index is 5.94. The molecular weight excluding hydrogens is 485 g/mol. The molecule has 0 aliphatic rings. The second kappa shape index (κ2) is 7.86. The van der Waals surface area contributed by atoms with Crippen LogP contribution in [0.15, 0.2) is 43.7 Å². The van der Waals surface area contributed by atoms with Gasteiger partial charge in [-0.25, -0.2) is 0 Å². The summed E-state index contributed by atoms with van der Waals surface area (Å²) in [6, 6.07) is 9.77. The molecule has 0 radical (unpaired) electrons. The van der Waals surface area contributed by atoms with Crippen molar-refractivity contribution in [3.05, 3.63) is 54.3 Å². The van der Waals surface area contributed by atoms with Gasteiger partial charge in [-0.2, -0.15) is 0 Å². The standard InChI is InChI=1S/C15H13Br3ClNO/c1-2-21-15-12(17)5-9(6-13(15)18)8-20-14-4-3-10(19)7-11(14)16/h3-7,20H,2,8H2,1H3. The van der Waals surface area contributed by atoms with Gasteiger partial charge in [0.15, 0.2) is 0 Å². The molecule has 112 valence electrons. The van der Waals surface area contributed by atoms with E-state index in [0.717, 1.165) is 30.4 Å². The van der Waals surface area contributed by atoms with Gasteiger partial charge in [-0.1, -0.05) is 11.6 Å². The average molecular weight is 498 g/mol. The van der Waals surface area contributed by atoms with Crippen molar-refractivity contribution < 1.29 is 4.74 Å². The van der Waals surface area contributed by atoms with Crippen LogP contribution in [0.5, 0.6) is 5.75 Å². The van der Waals surface area contributed by atoms with Gasteiger partial charge in [-0.05, 0) is 90.6 Å². The largest absolute Gasteiger partial charge is 0.492 e. The van der Waals surface area contributed by atoms with Gasteiger partial charge in [0.1, 0.15) is 5.75 Å². The fourth-order valence-electron chi connectivity index (χ4n) is 1.83. The lowest BCUT2D eigenvalue weighted by Gasteiger charge is -2.13. The first-order chi connectivity index (χ1) is 10.0. The van der Waals surface area contributed by atoms with Crippen molar-refractivity contribution in [2.45, 2.75) is 13.5 Å². The van der Waals surface area contributed by atoms with E-state index in [1.54, 1.807) is 0 Å². The minimum atomic E-state index is 0.631. The van der Waals surface area contributed by atoms with E-state index >= 15 is 0 Å². The van der Waals surface area contributed by atoms with Crippen LogP contribution in [-0.4, -0.2) is 6.61 Å². The first kappa shape index (κ1) is 17.1. The van der Waals surface area contributed by atoms with Crippen LogP contribution in [0.3, 0.4) is 0 Å². The summed E-state index contributed by atoms with van der Waals surface area (Å²) < 4.78 is 8.40. The maximum absolute atomic E-state index is 5.94. The van der Waals surface area contributed by atoms with Crippen LogP contribution in [0, 0.1) is 0 Å². The van der Waals surface area contributed by atoms with E-state index in [1.807, 2.05) is 37.3 Å². The molecule has 0 saturated carbocycles. The molecule has 0 aromatic heterocycles. The Balaban J connectivity index is 2.13. The molecule has 1 N–H and O–H groups in total. The van der Waals surface area contributed by atoms with E-state index in [-0.39, 0.29) is 0 Å². The third-order valence-electron chi connectivity index (χ3n) is 2.76. The third kappa shape index (κ3) is 4.62. The maximum Gasteiger partial charge on any atom is 0.147 e. The lowest BCUT2D eigenvalue weighted by atomic mass is 10.2. The Bertz CT molecular complexity index is 626. The van der Waals surface area contributed by atoms with Crippen LogP contribution in [0.2, 0.25) is 5.02 Å². The van der Waals surface area contributed by atoms with Crippen LogP contribution < -0.4 is 10.1 Å². The van der Waals surface area contributed by atoms with E-state index in [0.29, 0.717) is 18.2 Å². The van der Waals surface area contributed by atoms with Gasteiger partial charge < -0.3 is 10.1 Å². The lowest BCUT2D eigenvalue weighted by molar-refractivity contribution is 0.336. The van der Waals surface area contributed by atoms with Crippen LogP contribution in [0.25, 0.3) is 0 Å². The lowest BCUT2D eigenvalue weighted by Crippen LogP contribution is -2.01. The van der Waals surface area contributed by atoms with Gasteiger partial charge in [-0.15, -0.1) is 0 Å². The van der Waals surface area contributed by atoms with Gasteiger partial charge in [0.2, 0.25) is 0 Å². The molecule has 6 heteroatoms. The predicted molar refractivity (Wildman–Crippen MR) is 99.5 cm³/mol. The molecule has 2 rings (SSSR count). The Morgan fingerprint density at radius 1 is 1.05 bits per heavy atom. The first-order valence-corrected chi connectivity index (χ1v) is 9.06. The number of ether oxygens (including phenoxy) is 1. The van der Waals surface area contributed by atoms with E-state index < -0.39 is 0 Å². The SMILES string of the molecule is CCOc1c(Br)cc(CNc2ccc(Cl)cc2Br)cc1Br. The van der Waals surface area contributed by atoms with Crippen molar-refractivity contribution in [1.29, 1.82) is 0 Å². The zero-order valence-corrected chi connectivity index (χ0v) is 16.7. The summed E-state index contributed by atoms with van der Waals surface area (Å²) in [5.74, 6) is 0.828. The molecule has 2 aromatic carbocycles. The van der Waals surface area contributed by atoms with Gasteiger partial charge >= 0.3 is 0 Å². The smallest absolute Gasteiger partial charge is 0.147 e. The van der Waals surface area contributed by atoms with Gasteiger partial charge in [0.25, 0.3) is 0 Å². The number of benzene rings is 2. The Hall–Kier alpha value is -0.230. The molecule has 0 bridgehead atoms. The summed E-state index contributed by atoms with van der Waals surface area (Å²) in [7, 11) is 0. The molecule has 0 saturated heterocycles. The quantitative estimate of drug-likeness (QED) is 0.499. The Labute approximate surface area is 154 Å². The summed E-state index contributed by atoms with van der Waals surface area (Å²) >= 11 is 16.5. The van der Waals surface area contributed by atoms with Crippen molar-refractivity contribution in [1.82, 2.24) is 0 Å². The van der Waals surface area contributed by atoms with Crippen molar-refractivity contribution in [2.75, 3.05) is 11.9 Å². The summed E-state index contributed by atoms with van der Waals surface area (Å²) in [5, 5.41) is 4.08. The topological polar surface area (TPSA) is 21.3 Å². The first-order valence-electron chi connectivity index (χ1n) is 6.31. The Kier molecular flexibility index (Phi) is 6.41. The molecule has 0 atom stereocenters. The number of nitrogens with one attached hydrogen (secondary N) is 1. The average Bonchev–Trinajstić information content (AvgIpc) is 2.42. The van der Waals surface area contributed by atoms with Crippen molar-refractivity contribution >= 4 is 65.1 Å². The fourth-order valence-corrected chi connectivity index (χ4v) is 4.16. The molecule has 0 aliphatic carbocycles. The molecular formula is C15H13Br3ClNO. The van der Waals surface area contributed by atoms with Crippen molar-refractivity contribution in [2.24, 2.45) is 0 Å². The summed E-state index contributed by atoms with van der Waals surface area (Å²) in [4.78, 5) is 0. The Morgan fingerprint density at radius 2 is 1.71 bits per heavy atom. The van der Waals surface area contributed by atoms with Crippen LogP contribution in [0.1, 0.15) is 12.5 Å². The van der Waals surface area contributed by atoms with E-state index in [4.69, 9.17) is 16.3 Å². The van der Waals surface area contributed by atoms with E-state index in [1.165, 1.54) is 0 Å². The third-order valence-corrected chi connectivity index (χ3v) is 4.83. The molecule has 21 heavy (non-hydrogen) atoms. The van der Waals surface area contributed by atoms with Crippen LogP contribution in [0.4, 0.5) is 5.69 Å². The highest BCUT2D eigenvalue weighted by atomic mass is 79.9. The molecule has 0 heterocycles. The Morgan fingerprint density at radius 3 is 2.29 bits per heavy atom. The highest BCUT2D eigenvalue weighted by molar-refractivity contribution is 9.11. The molecule has 0 amide bonds. The number of anilines is 1. The second-order valence-corrected chi connectivity index (χ2v) is 7.30. The normalized spacial score (nSPS) is 10.5. The van der Waals surface area contributed by atoms with Crippen LogP contribution >= 0.6 is 59.4 Å². The number of hydrogen-bond donors (Lipinski definition) is 1. The number of rotatable bonds is 5. The predicted octanol–water partition coefficient (Wildman–Crippen LogP) is 6.64. The number of halogens is 4. The fraction of sp³-hybridized carbons (Fsp3) is 0.200.